The summed E-state index contributed by atoms with van der Waals surface area (Å²) in [4.78, 5) is 5.43. The lowest BCUT2D eigenvalue weighted by Gasteiger charge is -2.15. The molecule has 0 spiro atoms. The van der Waals surface area contributed by atoms with E-state index in [9.17, 15) is 0 Å². The third-order valence-corrected chi connectivity index (χ3v) is 6.22. The third-order valence-electron chi connectivity index (χ3n) is 2.70. The first-order chi connectivity index (χ1) is 8.65. The third kappa shape index (κ3) is 2.21. The van der Waals surface area contributed by atoms with Crippen LogP contribution in [0.4, 0.5) is 0 Å². The molecule has 1 aromatic carbocycles. The van der Waals surface area contributed by atoms with Gasteiger partial charge in [-0.1, -0.05) is 45.2 Å². The first-order valence-corrected chi connectivity index (χ1v) is 8.18. The van der Waals surface area contributed by atoms with Crippen molar-refractivity contribution < 1.29 is 0 Å². The Balaban J connectivity index is 2.24. The highest BCUT2D eigenvalue weighted by atomic mass is 79.9. The number of hydrogen-bond donors (Lipinski definition) is 1. The summed E-state index contributed by atoms with van der Waals surface area (Å²) in [7, 11) is -0.704. The van der Waals surface area contributed by atoms with Crippen LogP contribution in [0.2, 0.25) is 0 Å². The Hall–Kier alpha value is -0.480. The largest absolute Gasteiger partial charge is 0.263 e. The lowest BCUT2D eigenvalue weighted by molar-refractivity contribution is 1.28. The highest BCUT2D eigenvalue weighted by Gasteiger charge is 2.17. The summed E-state index contributed by atoms with van der Waals surface area (Å²) in [6, 6.07) is 6.15. The van der Waals surface area contributed by atoms with Gasteiger partial charge >= 0.3 is 0 Å². The van der Waals surface area contributed by atoms with Gasteiger partial charge in [0.25, 0.3) is 0 Å². The number of fused-ring (bicyclic) bond motifs is 1. The summed E-state index contributed by atoms with van der Waals surface area (Å²) in [5, 5.41) is 4.99. The zero-order chi connectivity index (χ0) is 12.7. The molecule has 18 heavy (non-hydrogen) atoms. The molecule has 0 saturated heterocycles. The molecule has 1 atom stereocenters. The summed E-state index contributed by atoms with van der Waals surface area (Å²) in [6.45, 7) is 0. The molecule has 1 aliphatic rings. The van der Waals surface area contributed by atoms with Gasteiger partial charge in [-0.05, 0) is 29.0 Å². The average molecular weight is 361 g/mol. The zero-order valence-corrected chi connectivity index (χ0v) is 13.1. The van der Waals surface area contributed by atoms with E-state index in [1.165, 1.54) is 5.39 Å². The van der Waals surface area contributed by atoms with Gasteiger partial charge in [0.1, 0.15) is 0 Å². The van der Waals surface area contributed by atoms with E-state index in [0.29, 0.717) is 5.03 Å². The number of allylic oxidation sites excluding steroid dienone is 2. The van der Waals surface area contributed by atoms with Crippen LogP contribution in [0.1, 0.15) is 0 Å². The second kappa shape index (κ2) is 4.89. The Morgan fingerprint density at radius 3 is 2.72 bits per heavy atom. The predicted molar refractivity (Wildman–Crippen MR) is 84.6 cm³/mol. The Bertz CT molecular complexity index is 696. The van der Waals surface area contributed by atoms with Crippen molar-refractivity contribution in [2.45, 2.75) is 4.90 Å². The van der Waals surface area contributed by atoms with Gasteiger partial charge in [0, 0.05) is 32.2 Å². The smallest absolute Gasteiger partial charge is 0.0630 e. The van der Waals surface area contributed by atoms with E-state index < -0.39 is 10.9 Å². The monoisotopic (exact) mass is 359 g/mol. The molecule has 1 aromatic heterocycles. The van der Waals surface area contributed by atoms with Crippen LogP contribution in [-0.2, 0) is 0 Å². The van der Waals surface area contributed by atoms with E-state index in [4.69, 9.17) is 23.2 Å². The quantitative estimate of drug-likeness (QED) is 0.659. The summed E-state index contributed by atoms with van der Waals surface area (Å²) in [6.07, 6.45) is 5.55. The molecule has 0 bridgehead atoms. The van der Waals surface area contributed by atoms with Crippen LogP contribution in [-0.4, -0.2) is 4.98 Å². The number of halogens is 3. The molecular weight excluding hydrogens is 353 g/mol. The van der Waals surface area contributed by atoms with Gasteiger partial charge < -0.3 is 0 Å². The molecule has 2 heterocycles. The maximum absolute atomic E-state index is 6.26. The minimum absolute atomic E-state index is 0.704. The Morgan fingerprint density at radius 1 is 1.17 bits per heavy atom. The molecule has 0 radical (unpaired) electrons. The van der Waals surface area contributed by atoms with Crippen molar-refractivity contribution in [3.05, 3.63) is 55.9 Å². The van der Waals surface area contributed by atoms with Crippen LogP contribution in [0.25, 0.3) is 10.8 Å². The minimum atomic E-state index is -0.704. The fourth-order valence-electron chi connectivity index (χ4n) is 1.90. The Morgan fingerprint density at radius 2 is 2.00 bits per heavy atom. The van der Waals surface area contributed by atoms with Gasteiger partial charge in [-0.3, -0.25) is 4.98 Å². The molecule has 0 saturated carbocycles. The van der Waals surface area contributed by atoms with Gasteiger partial charge in [0.2, 0.25) is 0 Å². The molecule has 0 amide bonds. The standard InChI is InChI=1S/C13H8BrCl2NS/c14-9-2-1-8-5-17-6-12(11(8)3-9)18-7-10(15)4-13(18)16/h1-7,18H. The normalized spacial score (nSPS) is 20.9. The maximum Gasteiger partial charge on any atom is 0.0630 e. The number of benzene rings is 1. The topological polar surface area (TPSA) is 12.9 Å². The van der Waals surface area contributed by atoms with Crippen LogP contribution in [0, 0.1) is 0 Å². The zero-order valence-electron chi connectivity index (χ0n) is 9.07. The van der Waals surface area contributed by atoms with E-state index in [-0.39, 0.29) is 0 Å². The molecule has 0 N–H and O–H groups in total. The second-order valence-electron chi connectivity index (χ2n) is 3.88. The molecule has 1 nitrogen and oxygen atoms in total. The molecule has 0 aliphatic carbocycles. The van der Waals surface area contributed by atoms with E-state index in [1.54, 1.807) is 0 Å². The molecule has 0 fully saturated rings. The molecule has 92 valence electrons. The molecule has 1 aliphatic heterocycles. The van der Waals surface area contributed by atoms with Crippen LogP contribution in [0.3, 0.4) is 0 Å². The van der Waals surface area contributed by atoms with Crippen LogP contribution in [0.5, 0.6) is 0 Å². The van der Waals surface area contributed by atoms with Crippen molar-refractivity contribution in [3.63, 3.8) is 0 Å². The van der Waals surface area contributed by atoms with Crippen molar-refractivity contribution in [3.8, 4) is 0 Å². The molecular formula is C13H8BrCl2NS. The molecule has 2 aromatic rings. The molecule has 3 rings (SSSR count). The number of aromatic nitrogens is 1. The van der Waals surface area contributed by atoms with Crippen LogP contribution in [0.15, 0.2) is 60.8 Å². The first-order valence-electron chi connectivity index (χ1n) is 5.22. The van der Waals surface area contributed by atoms with E-state index in [0.717, 1.165) is 19.1 Å². The lowest BCUT2D eigenvalue weighted by atomic mass is 10.2. The highest BCUT2D eigenvalue weighted by molar-refractivity contribution is 9.10. The summed E-state index contributed by atoms with van der Waals surface area (Å²) < 4.78 is 1.84. The van der Waals surface area contributed by atoms with Crippen molar-refractivity contribution >= 4 is 60.8 Å². The van der Waals surface area contributed by atoms with Crippen molar-refractivity contribution in [2.24, 2.45) is 0 Å². The van der Waals surface area contributed by atoms with Crippen molar-refractivity contribution in [1.29, 1.82) is 0 Å². The fraction of sp³-hybridized carbons (Fsp3) is 0. The van der Waals surface area contributed by atoms with Crippen LogP contribution >= 0.6 is 50.0 Å². The van der Waals surface area contributed by atoms with Gasteiger partial charge in [-0.15, -0.1) is 0 Å². The maximum atomic E-state index is 6.26. The van der Waals surface area contributed by atoms with Gasteiger partial charge in [0.05, 0.1) is 4.36 Å². The minimum Gasteiger partial charge on any atom is -0.263 e. The summed E-state index contributed by atoms with van der Waals surface area (Å²) in [5.74, 6) is 0. The number of rotatable bonds is 1. The van der Waals surface area contributed by atoms with E-state index in [1.807, 2.05) is 36.0 Å². The van der Waals surface area contributed by atoms with Crippen LogP contribution < -0.4 is 0 Å². The van der Waals surface area contributed by atoms with E-state index in [2.05, 4.69) is 27.0 Å². The van der Waals surface area contributed by atoms with Crippen molar-refractivity contribution in [2.75, 3.05) is 0 Å². The first kappa shape index (κ1) is 12.5. The SMILES string of the molecule is ClC1=C[SH](c2cncc3ccc(Br)cc23)C(Cl)=C1. The predicted octanol–water partition coefficient (Wildman–Crippen LogP) is 5.53. The number of nitrogens with zero attached hydrogens (tertiary/aromatic N) is 1. The number of hydrogen-bond acceptors (Lipinski definition) is 1. The Labute approximate surface area is 126 Å². The average Bonchev–Trinajstić information content (AvgIpc) is 2.67. The molecule has 1 unspecified atom stereocenters. The number of thiol groups is 1. The van der Waals surface area contributed by atoms with Gasteiger partial charge in [0.15, 0.2) is 0 Å². The second-order valence-corrected chi connectivity index (χ2v) is 7.86. The summed E-state index contributed by atoms with van der Waals surface area (Å²) >= 11 is 15.8. The fourth-order valence-corrected chi connectivity index (χ4v) is 5.07. The van der Waals surface area contributed by atoms with Crippen molar-refractivity contribution in [1.82, 2.24) is 4.98 Å². The Kier molecular flexibility index (Phi) is 3.41. The summed E-state index contributed by atoms with van der Waals surface area (Å²) in [5.41, 5.74) is 0. The number of pyridine rings is 1. The lowest BCUT2D eigenvalue weighted by Crippen LogP contribution is -1.85. The van der Waals surface area contributed by atoms with Gasteiger partial charge in [-0.2, -0.15) is 10.9 Å². The van der Waals surface area contributed by atoms with E-state index >= 15 is 0 Å². The van der Waals surface area contributed by atoms with Gasteiger partial charge in [-0.25, -0.2) is 0 Å². The molecule has 5 heteroatoms. The highest BCUT2D eigenvalue weighted by Crippen LogP contribution is 2.54.